The van der Waals surface area contributed by atoms with Crippen LogP contribution in [-0.2, 0) is 16.3 Å². The molecule has 0 bridgehead atoms. The highest BCUT2D eigenvalue weighted by Gasteiger charge is 2.29. The Bertz CT molecular complexity index is 584. The molecule has 0 amide bonds. The Hall–Kier alpha value is -0.870. The molecule has 2 rings (SSSR count). The Balaban J connectivity index is 2.06. The van der Waals surface area contributed by atoms with Crippen LogP contribution in [0.3, 0.4) is 0 Å². The summed E-state index contributed by atoms with van der Waals surface area (Å²) in [5, 5.41) is 3.38. The van der Waals surface area contributed by atoms with Gasteiger partial charge < -0.3 is 5.32 Å². The molecule has 0 radical (unpaired) electrons. The third kappa shape index (κ3) is 4.30. The van der Waals surface area contributed by atoms with Gasteiger partial charge in [0.25, 0.3) is 0 Å². The third-order valence-electron chi connectivity index (χ3n) is 4.64. The number of hydrogen-bond acceptors (Lipinski definition) is 3. The third-order valence-corrected chi connectivity index (χ3v) is 6.48. The van der Waals surface area contributed by atoms with E-state index in [0.29, 0.717) is 23.5 Å². The van der Waals surface area contributed by atoms with E-state index < -0.39 is 9.84 Å². The Morgan fingerprint density at radius 3 is 2.33 bits per heavy atom. The zero-order valence-corrected chi connectivity index (χ0v) is 14.4. The second-order valence-corrected chi connectivity index (χ2v) is 8.80. The van der Waals surface area contributed by atoms with E-state index in [1.807, 2.05) is 7.05 Å². The van der Waals surface area contributed by atoms with Gasteiger partial charge in [-0.3, -0.25) is 0 Å². The van der Waals surface area contributed by atoms with Gasteiger partial charge in [-0.1, -0.05) is 17.7 Å². The van der Waals surface area contributed by atoms with E-state index in [1.54, 1.807) is 0 Å². The molecule has 21 heavy (non-hydrogen) atoms. The zero-order chi connectivity index (χ0) is 15.6. The number of likely N-dealkylation sites (N-methyl/N-ethyl adjacent to an activating group) is 1. The van der Waals surface area contributed by atoms with E-state index in [-0.39, 0.29) is 0 Å². The van der Waals surface area contributed by atoms with Crippen LogP contribution in [0.1, 0.15) is 35.1 Å². The van der Waals surface area contributed by atoms with Crippen molar-refractivity contribution in [3.63, 3.8) is 0 Å². The fraction of sp³-hybridized carbons (Fsp3) is 0.647. The van der Waals surface area contributed by atoms with Crippen molar-refractivity contribution in [3.8, 4) is 0 Å². The summed E-state index contributed by atoms with van der Waals surface area (Å²) in [4.78, 5) is 0. The van der Waals surface area contributed by atoms with Gasteiger partial charge in [0.05, 0.1) is 11.5 Å². The van der Waals surface area contributed by atoms with Crippen molar-refractivity contribution in [2.45, 2.75) is 46.1 Å². The molecule has 2 atom stereocenters. The quantitative estimate of drug-likeness (QED) is 0.909. The lowest BCUT2D eigenvalue weighted by molar-refractivity contribution is 0.423. The van der Waals surface area contributed by atoms with Gasteiger partial charge in [0.1, 0.15) is 0 Å². The van der Waals surface area contributed by atoms with Gasteiger partial charge in [-0.05, 0) is 69.7 Å². The summed E-state index contributed by atoms with van der Waals surface area (Å²) in [7, 11) is -0.793. The summed E-state index contributed by atoms with van der Waals surface area (Å²) >= 11 is 0. The Morgan fingerprint density at radius 2 is 1.86 bits per heavy atom. The van der Waals surface area contributed by atoms with Gasteiger partial charge in [0.2, 0.25) is 0 Å². The van der Waals surface area contributed by atoms with Crippen LogP contribution in [0.25, 0.3) is 0 Å². The molecule has 118 valence electrons. The molecule has 0 saturated carbocycles. The maximum atomic E-state index is 11.6. The molecular weight excluding hydrogens is 282 g/mol. The SMILES string of the molecule is CNC(Cc1c(C)cc(C)cc1C)CC1CCS(=O)(=O)C1. The van der Waals surface area contributed by atoms with Gasteiger partial charge in [-0.25, -0.2) is 8.42 Å². The summed E-state index contributed by atoms with van der Waals surface area (Å²) in [6, 6.07) is 4.81. The molecule has 1 N–H and O–H groups in total. The summed E-state index contributed by atoms with van der Waals surface area (Å²) in [5.41, 5.74) is 5.39. The second kappa shape index (κ2) is 6.49. The van der Waals surface area contributed by atoms with Crippen molar-refractivity contribution in [1.82, 2.24) is 5.32 Å². The topological polar surface area (TPSA) is 46.2 Å². The smallest absolute Gasteiger partial charge is 0.150 e. The molecule has 1 aromatic rings. The van der Waals surface area contributed by atoms with Crippen LogP contribution in [0.15, 0.2) is 12.1 Å². The average molecular weight is 309 g/mol. The van der Waals surface area contributed by atoms with E-state index in [9.17, 15) is 8.42 Å². The highest BCUT2D eigenvalue weighted by Crippen LogP contribution is 2.25. The maximum Gasteiger partial charge on any atom is 0.150 e. The summed E-state index contributed by atoms with van der Waals surface area (Å²) < 4.78 is 23.2. The van der Waals surface area contributed by atoms with Crippen LogP contribution >= 0.6 is 0 Å². The number of benzene rings is 1. The molecule has 3 nitrogen and oxygen atoms in total. The normalized spacial score (nSPS) is 22.4. The number of aryl methyl sites for hydroxylation is 3. The highest BCUT2D eigenvalue weighted by atomic mass is 32.2. The molecule has 1 aliphatic rings. The van der Waals surface area contributed by atoms with Crippen LogP contribution in [0.4, 0.5) is 0 Å². The molecule has 0 aliphatic carbocycles. The van der Waals surface area contributed by atoms with E-state index in [4.69, 9.17) is 0 Å². The first-order valence-electron chi connectivity index (χ1n) is 7.75. The molecule has 4 heteroatoms. The molecule has 0 spiro atoms. The lowest BCUT2D eigenvalue weighted by atomic mass is 9.90. The molecular formula is C17H27NO2S. The van der Waals surface area contributed by atoms with Crippen LogP contribution in [0.5, 0.6) is 0 Å². The van der Waals surface area contributed by atoms with Crippen molar-refractivity contribution in [2.24, 2.45) is 5.92 Å². The van der Waals surface area contributed by atoms with E-state index >= 15 is 0 Å². The first kappa shape index (κ1) is 16.5. The number of hydrogen-bond donors (Lipinski definition) is 1. The largest absolute Gasteiger partial charge is 0.317 e. The van der Waals surface area contributed by atoms with Crippen LogP contribution in [-0.4, -0.2) is 33.0 Å². The van der Waals surface area contributed by atoms with E-state index in [1.165, 1.54) is 22.3 Å². The minimum Gasteiger partial charge on any atom is -0.317 e. The minimum atomic E-state index is -2.77. The standard InChI is InChI=1S/C17H27NO2S/c1-12-7-13(2)17(14(3)8-12)10-16(18-4)9-15-5-6-21(19,20)11-15/h7-8,15-16,18H,5-6,9-11H2,1-4H3. The molecule has 1 saturated heterocycles. The Kier molecular flexibility index (Phi) is 5.10. The van der Waals surface area contributed by atoms with Crippen molar-refractivity contribution in [3.05, 3.63) is 34.4 Å². The van der Waals surface area contributed by atoms with Gasteiger partial charge in [-0.2, -0.15) is 0 Å². The van der Waals surface area contributed by atoms with Gasteiger partial charge in [0, 0.05) is 6.04 Å². The lowest BCUT2D eigenvalue weighted by Crippen LogP contribution is -2.31. The molecule has 0 aromatic heterocycles. The van der Waals surface area contributed by atoms with Crippen molar-refractivity contribution >= 4 is 9.84 Å². The fourth-order valence-corrected chi connectivity index (χ4v) is 5.42. The first-order chi connectivity index (χ1) is 9.80. The predicted octanol–water partition coefficient (Wildman–Crippen LogP) is 2.57. The number of nitrogens with one attached hydrogen (secondary N) is 1. The molecule has 1 fully saturated rings. The maximum absolute atomic E-state index is 11.6. The van der Waals surface area contributed by atoms with Crippen molar-refractivity contribution in [2.75, 3.05) is 18.6 Å². The van der Waals surface area contributed by atoms with Crippen LogP contribution in [0, 0.1) is 26.7 Å². The molecule has 1 aliphatic heterocycles. The van der Waals surface area contributed by atoms with Crippen molar-refractivity contribution < 1.29 is 8.42 Å². The minimum absolute atomic E-state index is 0.318. The predicted molar refractivity (Wildman–Crippen MR) is 88.6 cm³/mol. The lowest BCUT2D eigenvalue weighted by Gasteiger charge is -2.22. The Morgan fingerprint density at radius 1 is 1.24 bits per heavy atom. The first-order valence-corrected chi connectivity index (χ1v) is 9.57. The summed E-state index contributed by atoms with van der Waals surface area (Å²) in [5.74, 6) is 1.06. The summed E-state index contributed by atoms with van der Waals surface area (Å²) in [6.45, 7) is 6.47. The van der Waals surface area contributed by atoms with Gasteiger partial charge in [-0.15, -0.1) is 0 Å². The monoisotopic (exact) mass is 309 g/mol. The van der Waals surface area contributed by atoms with Gasteiger partial charge >= 0.3 is 0 Å². The average Bonchev–Trinajstić information content (AvgIpc) is 2.71. The van der Waals surface area contributed by atoms with Crippen molar-refractivity contribution in [1.29, 1.82) is 0 Å². The molecule has 1 aromatic carbocycles. The molecule has 2 unspecified atom stereocenters. The fourth-order valence-electron chi connectivity index (χ4n) is 3.54. The zero-order valence-electron chi connectivity index (χ0n) is 13.6. The number of rotatable bonds is 5. The summed E-state index contributed by atoms with van der Waals surface area (Å²) in [6.07, 6.45) is 2.75. The van der Waals surface area contributed by atoms with E-state index in [0.717, 1.165) is 19.3 Å². The van der Waals surface area contributed by atoms with Crippen LogP contribution in [0.2, 0.25) is 0 Å². The second-order valence-electron chi connectivity index (χ2n) is 6.57. The highest BCUT2D eigenvalue weighted by molar-refractivity contribution is 7.91. The van der Waals surface area contributed by atoms with E-state index in [2.05, 4.69) is 38.2 Å². The molecule has 1 heterocycles. The number of sulfone groups is 1. The Labute approximate surface area is 129 Å². The van der Waals surface area contributed by atoms with Gasteiger partial charge in [0.15, 0.2) is 9.84 Å². The van der Waals surface area contributed by atoms with Crippen LogP contribution < -0.4 is 5.32 Å².